The van der Waals surface area contributed by atoms with Gasteiger partial charge < -0.3 is 20.3 Å². The maximum atomic E-state index is 12.1. The van der Waals surface area contributed by atoms with Crippen LogP contribution < -0.4 is 15.4 Å². The second kappa shape index (κ2) is 11.6. The first-order valence-corrected chi connectivity index (χ1v) is 8.77. The standard InChI is InChI=1S/C18H27F3N4O.HI/c1-22-17(24-11-15-4-3-9-25(2)12-15)23-10-14-5-7-16(8-6-14)26-13-18(19,20)21;/h5-8,15H,3-4,9-13H2,1-2H3,(H2,22,23,24);1H. The smallest absolute Gasteiger partial charge is 0.422 e. The molecule has 0 aliphatic carbocycles. The normalized spacial score (nSPS) is 18.6. The molecule has 1 heterocycles. The van der Waals surface area contributed by atoms with Crippen molar-refractivity contribution < 1.29 is 17.9 Å². The quantitative estimate of drug-likeness (QED) is 0.358. The van der Waals surface area contributed by atoms with Crippen molar-refractivity contribution in [2.45, 2.75) is 25.6 Å². The number of likely N-dealkylation sites (tertiary alicyclic amines) is 1. The number of piperidine rings is 1. The molecule has 0 saturated carbocycles. The van der Waals surface area contributed by atoms with Crippen LogP contribution in [-0.2, 0) is 6.54 Å². The molecule has 2 N–H and O–H groups in total. The Balaban J connectivity index is 0.00000364. The van der Waals surface area contributed by atoms with Crippen molar-refractivity contribution in [2.75, 3.05) is 40.3 Å². The molecule has 0 amide bonds. The van der Waals surface area contributed by atoms with Gasteiger partial charge in [-0.3, -0.25) is 4.99 Å². The van der Waals surface area contributed by atoms with Crippen LogP contribution in [0.15, 0.2) is 29.3 Å². The lowest BCUT2D eigenvalue weighted by Gasteiger charge is -2.30. The van der Waals surface area contributed by atoms with Crippen molar-refractivity contribution >= 4 is 29.9 Å². The number of hydrogen-bond donors (Lipinski definition) is 2. The Morgan fingerprint density at radius 1 is 1.26 bits per heavy atom. The molecule has 0 spiro atoms. The summed E-state index contributed by atoms with van der Waals surface area (Å²) in [6, 6.07) is 6.55. The third-order valence-electron chi connectivity index (χ3n) is 4.29. The van der Waals surface area contributed by atoms with E-state index in [2.05, 4.69) is 27.6 Å². The van der Waals surface area contributed by atoms with Gasteiger partial charge in [-0.25, -0.2) is 0 Å². The second-order valence-electron chi connectivity index (χ2n) is 6.62. The molecule has 1 fully saturated rings. The lowest BCUT2D eigenvalue weighted by atomic mass is 9.99. The summed E-state index contributed by atoms with van der Waals surface area (Å²) in [4.78, 5) is 6.55. The number of guanidine groups is 1. The summed E-state index contributed by atoms with van der Waals surface area (Å²) in [5.41, 5.74) is 0.935. The molecule has 1 aliphatic heterocycles. The van der Waals surface area contributed by atoms with Crippen LogP contribution in [0.1, 0.15) is 18.4 Å². The fourth-order valence-electron chi connectivity index (χ4n) is 2.96. The van der Waals surface area contributed by atoms with E-state index in [1.54, 1.807) is 19.2 Å². The molecule has 2 rings (SSSR count). The summed E-state index contributed by atoms with van der Waals surface area (Å²) >= 11 is 0. The van der Waals surface area contributed by atoms with Gasteiger partial charge in [-0.15, -0.1) is 24.0 Å². The first-order valence-electron chi connectivity index (χ1n) is 8.77. The van der Waals surface area contributed by atoms with Gasteiger partial charge in [-0.1, -0.05) is 12.1 Å². The van der Waals surface area contributed by atoms with Gasteiger partial charge >= 0.3 is 6.18 Å². The molecule has 5 nitrogen and oxygen atoms in total. The Labute approximate surface area is 175 Å². The predicted octanol–water partition coefficient (Wildman–Crippen LogP) is 3.25. The molecule has 1 atom stereocenters. The number of rotatable bonds is 6. The van der Waals surface area contributed by atoms with Crippen LogP contribution in [0.4, 0.5) is 13.2 Å². The summed E-state index contributed by atoms with van der Waals surface area (Å²) in [6.07, 6.45) is -1.89. The topological polar surface area (TPSA) is 48.9 Å². The summed E-state index contributed by atoms with van der Waals surface area (Å²) < 4.78 is 41.1. The first kappa shape index (κ1) is 23.8. The number of alkyl halides is 3. The number of halogens is 4. The summed E-state index contributed by atoms with van der Waals surface area (Å²) in [6.45, 7) is 2.37. The average molecular weight is 500 g/mol. The number of hydrogen-bond acceptors (Lipinski definition) is 3. The molecular formula is C18H28F3IN4O. The molecule has 1 aliphatic rings. The molecule has 0 bridgehead atoms. The van der Waals surface area contributed by atoms with Crippen LogP contribution in [0.5, 0.6) is 5.75 Å². The van der Waals surface area contributed by atoms with Crippen LogP contribution in [-0.4, -0.2) is 57.4 Å². The fraction of sp³-hybridized carbons (Fsp3) is 0.611. The minimum Gasteiger partial charge on any atom is -0.484 e. The van der Waals surface area contributed by atoms with E-state index in [-0.39, 0.29) is 29.7 Å². The van der Waals surface area contributed by atoms with E-state index < -0.39 is 12.8 Å². The maximum absolute atomic E-state index is 12.1. The molecular weight excluding hydrogens is 472 g/mol. The highest BCUT2D eigenvalue weighted by molar-refractivity contribution is 14.0. The van der Waals surface area contributed by atoms with Crippen molar-refractivity contribution in [1.82, 2.24) is 15.5 Å². The monoisotopic (exact) mass is 500 g/mol. The largest absolute Gasteiger partial charge is 0.484 e. The molecule has 27 heavy (non-hydrogen) atoms. The van der Waals surface area contributed by atoms with Gasteiger partial charge in [0.2, 0.25) is 0 Å². The summed E-state index contributed by atoms with van der Waals surface area (Å²) in [7, 11) is 3.86. The van der Waals surface area contributed by atoms with E-state index in [1.165, 1.54) is 25.0 Å². The Morgan fingerprint density at radius 3 is 2.56 bits per heavy atom. The summed E-state index contributed by atoms with van der Waals surface area (Å²) in [5.74, 6) is 1.53. The number of nitrogens with zero attached hydrogens (tertiary/aromatic N) is 2. The minimum absolute atomic E-state index is 0. The number of benzene rings is 1. The van der Waals surface area contributed by atoms with Crippen molar-refractivity contribution in [2.24, 2.45) is 10.9 Å². The van der Waals surface area contributed by atoms with E-state index >= 15 is 0 Å². The lowest BCUT2D eigenvalue weighted by molar-refractivity contribution is -0.153. The Kier molecular flexibility index (Phi) is 10.2. The first-order chi connectivity index (χ1) is 12.4. The maximum Gasteiger partial charge on any atom is 0.422 e. The van der Waals surface area contributed by atoms with Crippen molar-refractivity contribution in [3.05, 3.63) is 29.8 Å². The number of ether oxygens (including phenoxy) is 1. The zero-order valence-corrected chi connectivity index (χ0v) is 18.0. The Bertz CT molecular complexity index is 581. The van der Waals surface area contributed by atoms with E-state index in [0.717, 1.165) is 31.2 Å². The number of nitrogens with one attached hydrogen (secondary N) is 2. The SMILES string of the molecule is CN=C(NCc1ccc(OCC(F)(F)F)cc1)NCC1CCCN(C)C1.I. The van der Waals surface area contributed by atoms with E-state index in [4.69, 9.17) is 4.74 Å². The molecule has 0 radical (unpaired) electrons. The Morgan fingerprint density at radius 2 is 1.96 bits per heavy atom. The van der Waals surface area contributed by atoms with Gasteiger partial charge in [0.05, 0.1) is 0 Å². The average Bonchev–Trinajstić information content (AvgIpc) is 2.60. The molecule has 1 saturated heterocycles. The van der Waals surface area contributed by atoms with E-state index in [1.807, 2.05) is 0 Å². The Hall–Kier alpha value is -1.23. The highest BCUT2D eigenvalue weighted by atomic mass is 127. The van der Waals surface area contributed by atoms with Gasteiger partial charge in [-0.05, 0) is 50.0 Å². The highest BCUT2D eigenvalue weighted by Gasteiger charge is 2.28. The van der Waals surface area contributed by atoms with Gasteiger partial charge in [0.25, 0.3) is 0 Å². The van der Waals surface area contributed by atoms with E-state index in [0.29, 0.717) is 12.5 Å². The van der Waals surface area contributed by atoms with Crippen molar-refractivity contribution in [1.29, 1.82) is 0 Å². The lowest BCUT2D eigenvalue weighted by Crippen LogP contribution is -2.43. The van der Waals surface area contributed by atoms with Crippen LogP contribution >= 0.6 is 24.0 Å². The predicted molar refractivity (Wildman–Crippen MR) is 112 cm³/mol. The molecule has 1 aromatic rings. The van der Waals surface area contributed by atoms with Crippen LogP contribution in [0.3, 0.4) is 0 Å². The van der Waals surface area contributed by atoms with Crippen LogP contribution in [0.2, 0.25) is 0 Å². The minimum atomic E-state index is -4.33. The van der Waals surface area contributed by atoms with Gasteiger partial charge in [0.1, 0.15) is 5.75 Å². The van der Waals surface area contributed by atoms with Gasteiger partial charge in [-0.2, -0.15) is 13.2 Å². The highest BCUT2D eigenvalue weighted by Crippen LogP contribution is 2.19. The molecule has 1 unspecified atom stereocenters. The third-order valence-corrected chi connectivity index (χ3v) is 4.29. The van der Waals surface area contributed by atoms with Gasteiger partial charge in [0.15, 0.2) is 12.6 Å². The zero-order chi connectivity index (χ0) is 19.0. The molecule has 9 heteroatoms. The van der Waals surface area contributed by atoms with Crippen LogP contribution in [0, 0.1) is 5.92 Å². The van der Waals surface area contributed by atoms with Crippen LogP contribution in [0.25, 0.3) is 0 Å². The molecule has 154 valence electrons. The second-order valence-corrected chi connectivity index (χ2v) is 6.62. The van der Waals surface area contributed by atoms with Crippen molar-refractivity contribution in [3.8, 4) is 5.75 Å². The molecule has 0 aromatic heterocycles. The molecule has 1 aromatic carbocycles. The summed E-state index contributed by atoms with van der Waals surface area (Å²) in [5, 5.41) is 6.56. The van der Waals surface area contributed by atoms with E-state index in [9.17, 15) is 13.2 Å². The van der Waals surface area contributed by atoms with Gasteiger partial charge in [0, 0.05) is 26.7 Å². The third kappa shape index (κ3) is 9.50. The fourth-order valence-corrected chi connectivity index (χ4v) is 2.96. The van der Waals surface area contributed by atoms with Crippen molar-refractivity contribution in [3.63, 3.8) is 0 Å². The zero-order valence-electron chi connectivity index (χ0n) is 15.7. The number of aliphatic imine (C=N–C) groups is 1.